The van der Waals surface area contributed by atoms with Crippen LogP contribution in [0.1, 0.15) is 25.7 Å². The molecule has 0 radical (unpaired) electrons. The van der Waals surface area contributed by atoms with Gasteiger partial charge in [-0.25, -0.2) is 0 Å². The largest absolute Gasteiger partial charge is 0.330 e. The van der Waals surface area contributed by atoms with E-state index in [0.29, 0.717) is 5.92 Å². The lowest BCUT2D eigenvalue weighted by molar-refractivity contribution is 0.0222. The lowest BCUT2D eigenvalue weighted by atomic mass is 9.88. The van der Waals surface area contributed by atoms with Crippen LogP contribution in [0.25, 0.3) is 0 Å². The molecule has 3 nitrogen and oxygen atoms in total. The molecule has 2 aliphatic rings. The van der Waals surface area contributed by atoms with E-state index >= 15 is 0 Å². The molecule has 1 aliphatic carbocycles. The van der Waals surface area contributed by atoms with Crippen molar-refractivity contribution >= 4 is 0 Å². The van der Waals surface area contributed by atoms with E-state index in [9.17, 15) is 5.26 Å². The Morgan fingerprint density at radius 2 is 2.00 bits per heavy atom. The Kier molecular flexibility index (Phi) is 2.27. The van der Waals surface area contributed by atoms with Gasteiger partial charge >= 0.3 is 0 Å². The Labute approximate surface area is 79.5 Å². The highest BCUT2D eigenvalue weighted by Gasteiger charge is 2.45. The smallest absolute Gasteiger partial charge is 0.109 e. The Bertz CT molecular complexity index is 219. The fourth-order valence-electron chi connectivity index (χ4n) is 2.53. The third kappa shape index (κ3) is 1.34. The summed E-state index contributed by atoms with van der Waals surface area (Å²) in [5.74, 6) is 0.644. The van der Waals surface area contributed by atoms with Gasteiger partial charge in [-0.15, -0.1) is 0 Å². The van der Waals surface area contributed by atoms with Crippen LogP contribution in [0.15, 0.2) is 0 Å². The summed E-state index contributed by atoms with van der Waals surface area (Å²) in [6.07, 6.45) is 4.58. The second-order valence-electron chi connectivity index (χ2n) is 4.36. The van der Waals surface area contributed by atoms with Gasteiger partial charge in [0.1, 0.15) is 5.54 Å². The van der Waals surface area contributed by atoms with Crippen molar-refractivity contribution in [2.75, 3.05) is 19.6 Å². The number of nitrogens with two attached hydrogens (primary N) is 1. The van der Waals surface area contributed by atoms with E-state index in [1.54, 1.807) is 0 Å². The van der Waals surface area contributed by atoms with Crippen LogP contribution in [0.3, 0.4) is 0 Å². The molecule has 0 atom stereocenters. The molecule has 1 saturated carbocycles. The number of hydrogen-bond acceptors (Lipinski definition) is 3. The summed E-state index contributed by atoms with van der Waals surface area (Å²) in [5, 5.41) is 9.19. The minimum absolute atomic E-state index is 0.105. The highest BCUT2D eigenvalue weighted by molar-refractivity contribution is 5.13. The average molecular weight is 179 g/mol. The SMILES string of the molecule is N#CC1(N2CC(CN)C2)CCCC1. The van der Waals surface area contributed by atoms with E-state index in [0.717, 1.165) is 32.5 Å². The molecule has 0 amide bonds. The van der Waals surface area contributed by atoms with E-state index in [-0.39, 0.29) is 5.54 Å². The van der Waals surface area contributed by atoms with Crippen LogP contribution in [0, 0.1) is 17.2 Å². The standard InChI is InChI=1S/C10H17N3/c11-5-9-6-13(7-9)10(8-12)3-1-2-4-10/h9H,1-7,11H2. The zero-order chi connectivity index (χ0) is 9.31. The molecular weight excluding hydrogens is 162 g/mol. The van der Waals surface area contributed by atoms with Gasteiger partial charge in [-0.2, -0.15) is 5.26 Å². The molecule has 13 heavy (non-hydrogen) atoms. The minimum atomic E-state index is -0.105. The number of nitrogens with zero attached hydrogens (tertiary/aromatic N) is 2. The molecule has 1 heterocycles. The first-order valence-corrected chi connectivity index (χ1v) is 5.17. The van der Waals surface area contributed by atoms with E-state index in [4.69, 9.17) is 5.73 Å². The van der Waals surface area contributed by atoms with Gasteiger partial charge in [-0.1, -0.05) is 12.8 Å². The van der Waals surface area contributed by atoms with Gasteiger partial charge in [0.25, 0.3) is 0 Å². The molecule has 1 saturated heterocycles. The highest BCUT2D eigenvalue weighted by atomic mass is 15.3. The molecule has 1 aliphatic heterocycles. The fraction of sp³-hybridized carbons (Fsp3) is 0.900. The van der Waals surface area contributed by atoms with Crippen LogP contribution in [-0.4, -0.2) is 30.1 Å². The summed E-state index contributed by atoms with van der Waals surface area (Å²) in [6.45, 7) is 2.87. The number of nitriles is 1. The Morgan fingerprint density at radius 1 is 1.38 bits per heavy atom. The molecule has 0 aromatic heterocycles. The topological polar surface area (TPSA) is 53.0 Å². The fourth-order valence-corrected chi connectivity index (χ4v) is 2.53. The van der Waals surface area contributed by atoms with Gasteiger partial charge in [0, 0.05) is 13.1 Å². The second kappa shape index (κ2) is 3.28. The molecule has 3 heteroatoms. The third-order valence-corrected chi connectivity index (χ3v) is 3.53. The molecule has 0 spiro atoms. The first kappa shape index (κ1) is 8.98. The zero-order valence-electron chi connectivity index (χ0n) is 8.00. The Balaban J connectivity index is 1.96. The van der Waals surface area contributed by atoms with E-state index < -0.39 is 0 Å². The van der Waals surface area contributed by atoms with Crippen LogP contribution in [-0.2, 0) is 0 Å². The number of rotatable bonds is 2. The minimum Gasteiger partial charge on any atom is -0.330 e. The average Bonchev–Trinajstić information content (AvgIpc) is 2.52. The molecule has 0 aromatic carbocycles. The lowest BCUT2D eigenvalue weighted by Gasteiger charge is -2.47. The first-order valence-electron chi connectivity index (χ1n) is 5.17. The molecule has 0 bridgehead atoms. The van der Waals surface area contributed by atoms with Crippen LogP contribution < -0.4 is 5.73 Å². The number of hydrogen-bond donors (Lipinski definition) is 1. The van der Waals surface area contributed by atoms with Crippen molar-refractivity contribution in [1.29, 1.82) is 5.26 Å². The monoisotopic (exact) mass is 179 g/mol. The maximum atomic E-state index is 9.19. The Hall–Kier alpha value is -0.590. The quantitative estimate of drug-likeness (QED) is 0.679. The van der Waals surface area contributed by atoms with Gasteiger partial charge in [0.15, 0.2) is 0 Å². The van der Waals surface area contributed by atoms with Crippen LogP contribution in [0.5, 0.6) is 0 Å². The van der Waals surface area contributed by atoms with Gasteiger partial charge in [0.05, 0.1) is 6.07 Å². The van der Waals surface area contributed by atoms with Gasteiger partial charge in [-0.3, -0.25) is 4.90 Å². The predicted octanol–water partition coefficient (Wildman–Crippen LogP) is 0.713. The molecule has 2 fully saturated rings. The van der Waals surface area contributed by atoms with Gasteiger partial charge in [0.2, 0.25) is 0 Å². The van der Waals surface area contributed by atoms with Crippen molar-refractivity contribution in [1.82, 2.24) is 4.90 Å². The second-order valence-corrected chi connectivity index (χ2v) is 4.36. The van der Waals surface area contributed by atoms with Gasteiger partial charge in [-0.05, 0) is 25.3 Å². The summed E-state index contributed by atoms with van der Waals surface area (Å²) in [4.78, 5) is 2.33. The van der Waals surface area contributed by atoms with E-state index in [1.807, 2.05) is 0 Å². The molecule has 2 rings (SSSR count). The molecule has 72 valence electrons. The Morgan fingerprint density at radius 3 is 2.46 bits per heavy atom. The highest BCUT2D eigenvalue weighted by Crippen LogP contribution is 2.38. The van der Waals surface area contributed by atoms with Crippen LogP contribution in [0.4, 0.5) is 0 Å². The molecular formula is C10H17N3. The van der Waals surface area contributed by atoms with Crippen molar-refractivity contribution in [2.45, 2.75) is 31.2 Å². The van der Waals surface area contributed by atoms with Crippen molar-refractivity contribution < 1.29 is 0 Å². The maximum Gasteiger partial charge on any atom is 0.109 e. The normalized spacial score (nSPS) is 28.3. The van der Waals surface area contributed by atoms with Crippen molar-refractivity contribution in [3.63, 3.8) is 0 Å². The lowest BCUT2D eigenvalue weighted by Crippen LogP contribution is -2.59. The van der Waals surface area contributed by atoms with Crippen molar-refractivity contribution in [3.8, 4) is 6.07 Å². The number of likely N-dealkylation sites (tertiary alicyclic amines) is 1. The summed E-state index contributed by atoms with van der Waals surface area (Å²) >= 11 is 0. The molecule has 0 aromatic rings. The summed E-state index contributed by atoms with van der Waals surface area (Å²) < 4.78 is 0. The van der Waals surface area contributed by atoms with Crippen LogP contribution >= 0.6 is 0 Å². The summed E-state index contributed by atoms with van der Waals surface area (Å²) in [7, 11) is 0. The molecule has 2 N–H and O–H groups in total. The molecule has 0 unspecified atom stereocenters. The maximum absolute atomic E-state index is 9.19. The summed E-state index contributed by atoms with van der Waals surface area (Å²) in [5.41, 5.74) is 5.46. The van der Waals surface area contributed by atoms with E-state index in [2.05, 4.69) is 11.0 Å². The van der Waals surface area contributed by atoms with Crippen LogP contribution in [0.2, 0.25) is 0 Å². The first-order chi connectivity index (χ1) is 6.30. The predicted molar refractivity (Wildman–Crippen MR) is 50.9 cm³/mol. The summed E-state index contributed by atoms with van der Waals surface area (Å²) in [6, 6.07) is 2.51. The van der Waals surface area contributed by atoms with Crippen molar-refractivity contribution in [2.24, 2.45) is 11.7 Å². The van der Waals surface area contributed by atoms with Crippen molar-refractivity contribution in [3.05, 3.63) is 0 Å². The zero-order valence-corrected chi connectivity index (χ0v) is 8.00. The van der Waals surface area contributed by atoms with Gasteiger partial charge < -0.3 is 5.73 Å². The van der Waals surface area contributed by atoms with E-state index in [1.165, 1.54) is 12.8 Å². The third-order valence-electron chi connectivity index (χ3n) is 3.53.